The number of rotatable bonds is 5. The van der Waals surface area contributed by atoms with Gasteiger partial charge in [-0.3, -0.25) is 9.78 Å². The molecule has 0 aliphatic carbocycles. The first-order chi connectivity index (χ1) is 12.8. The van der Waals surface area contributed by atoms with Crippen molar-refractivity contribution in [3.05, 3.63) is 48.2 Å². The van der Waals surface area contributed by atoms with Crippen molar-refractivity contribution in [3.8, 4) is 5.75 Å². The monoisotopic (exact) mass is 351 g/mol. The van der Waals surface area contributed by atoms with E-state index in [1.54, 1.807) is 6.20 Å². The molecule has 134 valence electrons. The quantitative estimate of drug-likeness (QED) is 0.714. The van der Waals surface area contributed by atoms with Crippen LogP contribution in [-0.4, -0.2) is 38.8 Å². The predicted octanol–water partition coefficient (Wildman–Crippen LogP) is 2.36. The largest absolute Gasteiger partial charge is 0.489 e. The summed E-state index contributed by atoms with van der Waals surface area (Å²) < 4.78 is 7.74. The number of fused-ring (bicyclic) bond motifs is 2. The van der Waals surface area contributed by atoms with Gasteiger partial charge in [0.2, 0.25) is 5.82 Å². The van der Waals surface area contributed by atoms with Crippen LogP contribution in [0.5, 0.6) is 5.75 Å². The molecule has 7 nitrogen and oxygen atoms in total. The summed E-state index contributed by atoms with van der Waals surface area (Å²) in [7, 11) is 0. The number of nitrogens with zero attached hydrogens (tertiary/aromatic N) is 4. The van der Waals surface area contributed by atoms with Crippen LogP contribution in [0.2, 0.25) is 0 Å². The lowest BCUT2D eigenvalue weighted by Gasteiger charge is -2.10. The van der Waals surface area contributed by atoms with Gasteiger partial charge in [0, 0.05) is 24.5 Å². The lowest BCUT2D eigenvalue weighted by molar-refractivity contribution is 0.0931. The second kappa shape index (κ2) is 7.51. The maximum Gasteiger partial charge on any atom is 0.289 e. The Bertz CT molecular complexity index is 916. The Kier molecular flexibility index (Phi) is 4.77. The van der Waals surface area contributed by atoms with Gasteiger partial charge < -0.3 is 14.6 Å². The average molecular weight is 351 g/mol. The molecule has 1 aliphatic rings. The van der Waals surface area contributed by atoms with E-state index in [4.69, 9.17) is 4.74 Å². The first-order valence-electron chi connectivity index (χ1n) is 9.00. The number of hydrogen-bond acceptors (Lipinski definition) is 5. The molecule has 0 unspecified atom stereocenters. The van der Waals surface area contributed by atoms with Crippen LogP contribution in [0.4, 0.5) is 0 Å². The van der Waals surface area contributed by atoms with Gasteiger partial charge in [0.1, 0.15) is 23.7 Å². The molecule has 4 rings (SSSR count). The summed E-state index contributed by atoms with van der Waals surface area (Å²) in [6.45, 7) is 1.57. The lowest BCUT2D eigenvalue weighted by Crippen LogP contribution is -2.30. The number of amides is 1. The van der Waals surface area contributed by atoms with E-state index in [0.717, 1.165) is 49.0 Å². The lowest BCUT2D eigenvalue weighted by atomic mass is 10.2. The Balaban J connectivity index is 1.35. The molecule has 1 aliphatic heterocycles. The van der Waals surface area contributed by atoms with Crippen LogP contribution < -0.4 is 10.1 Å². The summed E-state index contributed by atoms with van der Waals surface area (Å²) in [4.78, 5) is 16.8. The van der Waals surface area contributed by atoms with E-state index in [2.05, 4.69) is 20.5 Å². The van der Waals surface area contributed by atoms with Crippen molar-refractivity contribution in [2.45, 2.75) is 32.2 Å². The van der Waals surface area contributed by atoms with E-state index in [-0.39, 0.29) is 5.91 Å². The van der Waals surface area contributed by atoms with E-state index in [1.807, 2.05) is 34.9 Å². The van der Waals surface area contributed by atoms with E-state index in [1.165, 1.54) is 0 Å². The molecule has 2 aromatic heterocycles. The molecule has 3 aromatic rings. The van der Waals surface area contributed by atoms with Gasteiger partial charge in [-0.05, 0) is 25.0 Å². The van der Waals surface area contributed by atoms with Gasteiger partial charge in [-0.25, -0.2) is 0 Å². The van der Waals surface area contributed by atoms with E-state index < -0.39 is 0 Å². The minimum absolute atomic E-state index is 0.203. The predicted molar refractivity (Wildman–Crippen MR) is 97.1 cm³/mol. The molecule has 0 saturated carbocycles. The summed E-state index contributed by atoms with van der Waals surface area (Å²) in [5.74, 6) is 1.82. The van der Waals surface area contributed by atoms with Crippen molar-refractivity contribution in [3.63, 3.8) is 0 Å². The van der Waals surface area contributed by atoms with E-state index in [0.29, 0.717) is 24.7 Å². The number of carbonyl (C=O) groups excluding carboxylic acids is 1. The fourth-order valence-electron chi connectivity index (χ4n) is 3.25. The van der Waals surface area contributed by atoms with Gasteiger partial charge >= 0.3 is 0 Å². The van der Waals surface area contributed by atoms with Crippen molar-refractivity contribution in [2.24, 2.45) is 0 Å². The third-order valence-corrected chi connectivity index (χ3v) is 4.55. The molecular weight excluding hydrogens is 330 g/mol. The Morgan fingerprint density at radius 1 is 1.15 bits per heavy atom. The summed E-state index contributed by atoms with van der Waals surface area (Å²) in [6, 6.07) is 9.70. The highest BCUT2D eigenvalue weighted by Gasteiger charge is 2.19. The number of nitrogens with one attached hydrogen (secondary N) is 1. The van der Waals surface area contributed by atoms with Crippen LogP contribution in [0.15, 0.2) is 36.5 Å². The number of pyridine rings is 1. The van der Waals surface area contributed by atoms with E-state index in [9.17, 15) is 4.79 Å². The van der Waals surface area contributed by atoms with Gasteiger partial charge in [-0.2, -0.15) is 0 Å². The molecular formula is C19H21N5O2. The molecule has 0 bridgehead atoms. The molecule has 1 aromatic carbocycles. The maximum atomic E-state index is 12.4. The molecule has 7 heteroatoms. The number of hydrogen-bond donors (Lipinski definition) is 1. The number of benzene rings is 1. The van der Waals surface area contributed by atoms with Gasteiger partial charge in [0.15, 0.2) is 0 Å². The second-order valence-corrected chi connectivity index (χ2v) is 6.34. The van der Waals surface area contributed by atoms with Crippen molar-refractivity contribution >= 4 is 16.8 Å². The number of carbonyl (C=O) groups is 1. The fourth-order valence-corrected chi connectivity index (χ4v) is 3.25. The number of aryl methyl sites for hydroxylation is 1. The molecule has 3 heterocycles. The minimum Gasteiger partial charge on any atom is -0.489 e. The highest BCUT2D eigenvalue weighted by atomic mass is 16.5. The first kappa shape index (κ1) is 16.5. The third-order valence-electron chi connectivity index (χ3n) is 4.55. The van der Waals surface area contributed by atoms with Gasteiger partial charge in [-0.1, -0.05) is 24.6 Å². The Hall–Kier alpha value is -2.96. The topological polar surface area (TPSA) is 81.9 Å². The second-order valence-electron chi connectivity index (χ2n) is 6.34. The highest BCUT2D eigenvalue weighted by molar-refractivity contribution is 5.90. The molecule has 0 saturated heterocycles. The average Bonchev–Trinajstić information content (AvgIpc) is 2.93. The van der Waals surface area contributed by atoms with Crippen LogP contribution in [0, 0.1) is 0 Å². The van der Waals surface area contributed by atoms with Crippen LogP contribution in [0.25, 0.3) is 10.9 Å². The molecule has 1 amide bonds. The Morgan fingerprint density at radius 3 is 3.04 bits per heavy atom. The minimum atomic E-state index is -0.203. The van der Waals surface area contributed by atoms with Gasteiger partial charge in [0.05, 0.1) is 6.54 Å². The van der Waals surface area contributed by atoms with Gasteiger partial charge in [-0.15, -0.1) is 10.2 Å². The standard InChI is InChI=1S/C19H21N5O2/c25-19(18-23-22-16-9-2-1-3-12-24(16)18)21-11-13-26-15-8-4-6-14-7-5-10-20-17(14)15/h4-8,10H,1-3,9,11-13H2,(H,21,25). The van der Waals surface area contributed by atoms with Gasteiger partial charge in [0.25, 0.3) is 5.91 Å². The Morgan fingerprint density at radius 2 is 2.08 bits per heavy atom. The third kappa shape index (κ3) is 3.37. The fraction of sp³-hybridized carbons (Fsp3) is 0.368. The van der Waals surface area contributed by atoms with Crippen molar-refractivity contribution in [2.75, 3.05) is 13.2 Å². The summed E-state index contributed by atoms with van der Waals surface area (Å²) in [5, 5.41) is 12.1. The molecule has 0 radical (unpaired) electrons. The van der Waals surface area contributed by atoms with Crippen molar-refractivity contribution in [1.29, 1.82) is 0 Å². The maximum absolute atomic E-state index is 12.4. The van der Waals surface area contributed by atoms with E-state index >= 15 is 0 Å². The zero-order valence-electron chi connectivity index (χ0n) is 14.5. The summed E-state index contributed by atoms with van der Waals surface area (Å²) >= 11 is 0. The smallest absolute Gasteiger partial charge is 0.289 e. The van der Waals surface area contributed by atoms with Crippen LogP contribution in [0.1, 0.15) is 35.7 Å². The molecule has 0 atom stereocenters. The number of ether oxygens (including phenoxy) is 1. The SMILES string of the molecule is O=C(NCCOc1cccc2cccnc12)c1nnc2n1CCCCC2. The number of para-hydroxylation sites is 1. The van der Waals surface area contributed by atoms with Crippen molar-refractivity contribution in [1.82, 2.24) is 25.1 Å². The first-order valence-corrected chi connectivity index (χ1v) is 9.00. The van der Waals surface area contributed by atoms with Crippen LogP contribution >= 0.6 is 0 Å². The zero-order chi connectivity index (χ0) is 17.8. The van der Waals surface area contributed by atoms with Crippen LogP contribution in [0.3, 0.4) is 0 Å². The normalized spacial score (nSPS) is 13.8. The van der Waals surface area contributed by atoms with Crippen molar-refractivity contribution < 1.29 is 9.53 Å². The molecule has 0 spiro atoms. The van der Waals surface area contributed by atoms with Crippen LogP contribution in [-0.2, 0) is 13.0 Å². The molecule has 0 fully saturated rings. The summed E-state index contributed by atoms with van der Waals surface area (Å²) in [5.41, 5.74) is 0.823. The summed E-state index contributed by atoms with van der Waals surface area (Å²) in [6.07, 6.45) is 5.96. The molecule has 26 heavy (non-hydrogen) atoms. The zero-order valence-corrected chi connectivity index (χ0v) is 14.5. The Labute approximate surface area is 151 Å². The number of aromatic nitrogens is 4. The molecule has 1 N–H and O–H groups in total. The highest BCUT2D eigenvalue weighted by Crippen LogP contribution is 2.22.